The molecule has 2 heterocycles. The number of carbonyl (C=O) groups is 2. The van der Waals surface area contributed by atoms with Crippen LogP contribution in [0.15, 0.2) is 29.6 Å². The van der Waals surface area contributed by atoms with Gasteiger partial charge in [0.1, 0.15) is 5.01 Å². The number of rotatable bonds is 11. The Morgan fingerprint density at radius 2 is 1.97 bits per heavy atom. The van der Waals surface area contributed by atoms with Crippen molar-refractivity contribution < 1.29 is 14.7 Å². The highest BCUT2D eigenvalue weighted by Gasteiger charge is 2.15. The van der Waals surface area contributed by atoms with E-state index in [4.69, 9.17) is 5.11 Å². The van der Waals surface area contributed by atoms with Crippen molar-refractivity contribution in [2.24, 2.45) is 0 Å². The van der Waals surface area contributed by atoms with Gasteiger partial charge in [0.2, 0.25) is 5.91 Å². The first-order valence-corrected chi connectivity index (χ1v) is 11.8. The standard InChI is InChI=1S/C23H32N4O3S/c1-26-10-12-27(13-11-26)16-18-6-5-7-19(14-18)23-25-20(17-31-23)15-21(28)24-9-4-2-3-8-22(29)30/h5-7,14,17H,2-4,8-13,15-16H2,1H3,(H,24,28)(H,29,30). The second-order valence-electron chi connectivity index (χ2n) is 8.15. The van der Waals surface area contributed by atoms with Gasteiger partial charge in [-0.3, -0.25) is 14.5 Å². The van der Waals surface area contributed by atoms with Crippen LogP contribution in [0.4, 0.5) is 0 Å². The van der Waals surface area contributed by atoms with E-state index >= 15 is 0 Å². The third kappa shape index (κ3) is 8.05. The van der Waals surface area contributed by atoms with Gasteiger partial charge in [-0.15, -0.1) is 11.3 Å². The predicted octanol–water partition coefficient (Wildman–Crippen LogP) is 2.86. The summed E-state index contributed by atoms with van der Waals surface area (Å²) in [6.07, 6.45) is 2.70. The number of carbonyl (C=O) groups excluding carboxylic acids is 1. The number of piperazine rings is 1. The number of hydrogen-bond donors (Lipinski definition) is 2. The van der Waals surface area contributed by atoms with Crippen molar-refractivity contribution in [1.29, 1.82) is 0 Å². The summed E-state index contributed by atoms with van der Waals surface area (Å²) in [4.78, 5) is 32.1. The van der Waals surface area contributed by atoms with Crippen molar-refractivity contribution >= 4 is 23.2 Å². The van der Waals surface area contributed by atoms with E-state index in [2.05, 4.69) is 51.4 Å². The van der Waals surface area contributed by atoms with Crippen LogP contribution in [0.1, 0.15) is 36.9 Å². The van der Waals surface area contributed by atoms with E-state index in [9.17, 15) is 9.59 Å². The molecule has 1 aromatic carbocycles. The van der Waals surface area contributed by atoms with Gasteiger partial charge in [-0.25, -0.2) is 4.98 Å². The Morgan fingerprint density at radius 1 is 1.16 bits per heavy atom. The molecular weight excluding hydrogens is 412 g/mol. The molecule has 8 heteroatoms. The summed E-state index contributed by atoms with van der Waals surface area (Å²) in [5.41, 5.74) is 3.18. The molecule has 31 heavy (non-hydrogen) atoms. The first-order valence-electron chi connectivity index (χ1n) is 10.9. The molecule has 0 atom stereocenters. The zero-order valence-electron chi connectivity index (χ0n) is 18.2. The van der Waals surface area contributed by atoms with Gasteiger partial charge in [0.05, 0.1) is 12.1 Å². The lowest BCUT2D eigenvalue weighted by molar-refractivity contribution is -0.137. The van der Waals surface area contributed by atoms with Crippen LogP contribution in [0.5, 0.6) is 0 Å². The zero-order chi connectivity index (χ0) is 22.1. The zero-order valence-corrected chi connectivity index (χ0v) is 19.0. The van der Waals surface area contributed by atoms with Gasteiger partial charge in [0, 0.05) is 56.6 Å². The normalized spacial score (nSPS) is 15.1. The maximum atomic E-state index is 12.1. The average molecular weight is 445 g/mol. The lowest BCUT2D eigenvalue weighted by Crippen LogP contribution is -2.43. The van der Waals surface area contributed by atoms with Crippen molar-refractivity contribution in [2.75, 3.05) is 39.8 Å². The van der Waals surface area contributed by atoms with Crippen molar-refractivity contribution in [3.8, 4) is 10.6 Å². The van der Waals surface area contributed by atoms with Crippen LogP contribution in [-0.2, 0) is 22.6 Å². The number of thiazole rings is 1. The molecule has 1 aliphatic rings. The first-order chi connectivity index (χ1) is 15.0. The maximum Gasteiger partial charge on any atom is 0.303 e. The van der Waals surface area contributed by atoms with Crippen molar-refractivity contribution in [2.45, 2.75) is 38.6 Å². The molecule has 0 bridgehead atoms. The number of nitrogens with one attached hydrogen (secondary N) is 1. The topological polar surface area (TPSA) is 85.8 Å². The quantitative estimate of drug-likeness (QED) is 0.519. The number of aliphatic carboxylic acids is 1. The van der Waals surface area contributed by atoms with Crippen LogP contribution in [-0.4, -0.2) is 71.5 Å². The van der Waals surface area contributed by atoms with Crippen molar-refractivity contribution in [3.05, 3.63) is 40.9 Å². The maximum absolute atomic E-state index is 12.1. The minimum Gasteiger partial charge on any atom is -0.481 e. The van der Waals surface area contributed by atoms with Gasteiger partial charge in [-0.05, 0) is 31.5 Å². The molecule has 0 unspecified atom stereocenters. The molecule has 0 radical (unpaired) electrons. The van der Waals surface area contributed by atoms with Gasteiger partial charge >= 0.3 is 5.97 Å². The van der Waals surface area contributed by atoms with E-state index in [1.807, 2.05) is 5.38 Å². The summed E-state index contributed by atoms with van der Waals surface area (Å²) in [6.45, 7) is 5.94. The Labute approximate surface area is 188 Å². The Hall–Kier alpha value is -2.29. The third-order valence-corrected chi connectivity index (χ3v) is 6.40. The molecule has 3 rings (SSSR count). The second-order valence-corrected chi connectivity index (χ2v) is 9.01. The molecule has 1 aliphatic heterocycles. The molecule has 1 amide bonds. The van der Waals surface area contributed by atoms with E-state index in [1.54, 1.807) is 11.3 Å². The summed E-state index contributed by atoms with van der Waals surface area (Å²) in [6, 6.07) is 8.53. The van der Waals surface area contributed by atoms with E-state index in [-0.39, 0.29) is 18.7 Å². The predicted molar refractivity (Wildman–Crippen MR) is 123 cm³/mol. The molecule has 1 fully saturated rings. The summed E-state index contributed by atoms with van der Waals surface area (Å²) < 4.78 is 0. The number of aromatic nitrogens is 1. The fourth-order valence-electron chi connectivity index (χ4n) is 3.62. The molecule has 1 saturated heterocycles. The van der Waals surface area contributed by atoms with Crippen LogP contribution in [0, 0.1) is 0 Å². The molecule has 0 aliphatic carbocycles. The number of likely N-dealkylation sites (N-methyl/N-ethyl adjacent to an activating group) is 1. The Bertz CT molecular complexity index is 862. The Balaban J connectivity index is 1.45. The van der Waals surface area contributed by atoms with Crippen LogP contribution < -0.4 is 5.32 Å². The summed E-state index contributed by atoms with van der Waals surface area (Å²) in [7, 11) is 2.17. The number of amides is 1. The highest BCUT2D eigenvalue weighted by molar-refractivity contribution is 7.13. The van der Waals surface area contributed by atoms with Gasteiger partial charge in [0.25, 0.3) is 0 Å². The van der Waals surface area contributed by atoms with Crippen LogP contribution >= 0.6 is 11.3 Å². The molecular formula is C23H32N4O3S. The first kappa shape index (κ1) is 23.4. The smallest absolute Gasteiger partial charge is 0.303 e. The van der Waals surface area contributed by atoms with Crippen LogP contribution in [0.25, 0.3) is 10.6 Å². The monoisotopic (exact) mass is 444 g/mol. The average Bonchev–Trinajstić information content (AvgIpc) is 3.21. The van der Waals surface area contributed by atoms with Gasteiger partial charge in [-0.2, -0.15) is 0 Å². The second kappa shape index (κ2) is 11.9. The van der Waals surface area contributed by atoms with Gasteiger partial charge in [-0.1, -0.05) is 24.6 Å². The molecule has 2 N–H and O–H groups in total. The minimum atomic E-state index is -0.770. The van der Waals surface area contributed by atoms with Gasteiger partial charge in [0.15, 0.2) is 0 Å². The number of hydrogen-bond acceptors (Lipinski definition) is 6. The van der Waals surface area contributed by atoms with E-state index < -0.39 is 5.97 Å². The van der Waals surface area contributed by atoms with Crippen LogP contribution in [0.2, 0.25) is 0 Å². The van der Waals surface area contributed by atoms with E-state index in [0.717, 1.165) is 61.8 Å². The minimum absolute atomic E-state index is 0.0427. The molecule has 7 nitrogen and oxygen atoms in total. The van der Waals surface area contributed by atoms with Gasteiger partial charge < -0.3 is 15.3 Å². The number of benzene rings is 1. The van der Waals surface area contributed by atoms with Crippen molar-refractivity contribution in [3.63, 3.8) is 0 Å². The summed E-state index contributed by atoms with van der Waals surface area (Å²) in [5, 5.41) is 14.4. The SMILES string of the molecule is CN1CCN(Cc2cccc(-c3nc(CC(=O)NCCCCCC(=O)O)cs3)c2)CC1. The van der Waals surface area contributed by atoms with E-state index in [0.29, 0.717) is 13.0 Å². The highest BCUT2D eigenvalue weighted by atomic mass is 32.1. The summed E-state index contributed by atoms with van der Waals surface area (Å²) >= 11 is 1.57. The molecule has 168 valence electrons. The largest absolute Gasteiger partial charge is 0.481 e. The molecule has 1 aromatic heterocycles. The fraction of sp³-hybridized carbons (Fsp3) is 0.522. The molecule has 0 spiro atoms. The Kier molecular flexibility index (Phi) is 8.99. The Morgan fingerprint density at radius 3 is 2.74 bits per heavy atom. The molecule has 2 aromatic rings. The van der Waals surface area contributed by atoms with Crippen molar-refractivity contribution in [1.82, 2.24) is 20.1 Å². The van der Waals surface area contributed by atoms with E-state index in [1.165, 1.54) is 5.56 Å². The number of carboxylic acid groups (broad SMARTS) is 1. The fourth-order valence-corrected chi connectivity index (χ4v) is 4.44. The van der Waals surface area contributed by atoms with Crippen LogP contribution in [0.3, 0.4) is 0 Å². The molecule has 0 saturated carbocycles. The number of nitrogens with zero attached hydrogens (tertiary/aromatic N) is 3. The lowest BCUT2D eigenvalue weighted by Gasteiger charge is -2.32. The third-order valence-electron chi connectivity index (χ3n) is 5.46. The number of unbranched alkanes of at least 4 members (excludes halogenated alkanes) is 2. The highest BCUT2D eigenvalue weighted by Crippen LogP contribution is 2.25. The summed E-state index contributed by atoms with van der Waals surface area (Å²) in [5.74, 6) is -0.813. The lowest BCUT2D eigenvalue weighted by atomic mass is 10.1. The number of carboxylic acids is 1.